The van der Waals surface area contributed by atoms with Crippen LogP contribution in [0, 0.1) is 13.8 Å². The monoisotopic (exact) mass is 313 g/mol. The minimum atomic E-state index is -3.69. The van der Waals surface area contributed by atoms with Gasteiger partial charge in [0.15, 0.2) is 0 Å². The third-order valence-corrected chi connectivity index (χ3v) is 5.04. The Morgan fingerprint density at radius 1 is 1.14 bits per heavy atom. The van der Waals surface area contributed by atoms with Crippen LogP contribution in [0.5, 0.6) is 5.75 Å². The lowest BCUT2D eigenvalue weighted by Crippen LogP contribution is -2.29. The Bertz CT molecular complexity index is 612. The SMILES string of the molecule is COC1CCCC(Oc2cc(C)c(S(N)(=O)=O)cc2C)C1. The first-order valence-electron chi connectivity index (χ1n) is 7.14. The van der Waals surface area contributed by atoms with Crippen molar-refractivity contribution in [1.29, 1.82) is 0 Å². The molecule has 0 aromatic heterocycles. The molecule has 2 N–H and O–H groups in total. The van der Waals surface area contributed by atoms with Crippen molar-refractivity contribution in [2.45, 2.75) is 56.6 Å². The molecule has 6 heteroatoms. The molecule has 21 heavy (non-hydrogen) atoms. The van der Waals surface area contributed by atoms with Crippen molar-refractivity contribution in [3.8, 4) is 5.75 Å². The summed E-state index contributed by atoms with van der Waals surface area (Å²) in [4.78, 5) is 0.158. The van der Waals surface area contributed by atoms with E-state index in [1.54, 1.807) is 26.2 Å². The molecule has 1 aliphatic carbocycles. The van der Waals surface area contributed by atoms with Crippen LogP contribution >= 0.6 is 0 Å². The first-order chi connectivity index (χ1) is 9.81. The van der Waals surface area contributed by atoms with Gasteiger partial charge in [-0.3, -0.25) is 0 Å². The molecular weight excluding hydrogens is 290 g/mol. The van der Waals surface area contributed by atoms with Crippen molar-refractivity contribution in [3.05, 3.63) is 23.3 Å². The fraction of sp³-hybridized carbons (Fsp3) is 0.600. The highest BCUT2D eigenvalue weighted by molar-refractivity contribution is 7.89. The van der Waals surface area contributed by atoms with Gasteiger partial charge in [0.1, 0.15) is 11.9 Å². The number of benzene rings is 1. The molecule has 0 saturated heterocycles. The average molecular weight is 313 g/mol. The molecule has 1 aromatic rings. The van der Waals surface area contributed by atoms with Gasteiger partial charge >= 0.3 is 0 Å². The van der Waals surface area contributed by atoms with E-state index >= 15 is 0 Å². The molecule has 1 fully saturated rings. The summed E-state index contributed by atoms with van der Waals surface area (Å²) in [6, 6.07) is 3.34. The molecule has 118 valence electrons. The average Bonchev–Trinajstić information content (AvgIpc) is 2.41. The summed E-state index contributed by atoms with van der Waals surface area (Å²) in [7, 11) is -1.97. The van der Waals surface area contributed by atoms with Crippen molar-refractivity contribution >= 4 is 10.0 Å². The van der Waals surface area contributed by atoms with Crippen molar-refractivity contribution in [2.24, 2.45) is 5.14 Å². The van der Waals surface area contributed by atoms with E-state index in [0.717, 1.165) is 37.0 Å². The second-order valence-corrected chi connectivity index (χ2v) is 7.22. The normalized spacial score (nSPS) is 23.0. The smallest absolute Gasteiger partial charge is 0.238 e. The number of hydrogen-bond acceptors (Lipinski definition) is 4. The zero-order valence-electron chi connectivity index (χ0n) is 12.8. The summed E-state index contributed by atoms with van der Waals surface area (Å²) in [6.07, 6.45) is 4.37. The van der Waals surface area contributed by atoms with Gasteiger partial charge in [-0.15, -0.1) is 0 Å². The number of aryl methyl sites for hydroxylation is 2. The third-order valence-electron chi connectivity index (χ3n) is 3.98. The molecular formula is C15H23NO4S. The first-order valence-corrected chi connectivity index (χ1v) is 8.69. The third kappa shape index (κ3) is 3.96. The van der Waals surface area contributed by atoms with Crippen LogP contribution in [0.25, 0.3) is 0 Å². The zero-order valence-corrected chi connectivity index (χ0v) is 13.6. The van der Waals surface area contributed by atoms with Crippen LogP contribution in [0.1, 0.15) is 36.8 Å². The molecule has 5 nitrogen and oxygen atoms in total. The van der Waals surface area contributed by atoms with Crippen molar-refractivity contribution in [3.63, 3.8) is 0 Å². The van der Waals surface area contributed by atoms with E-state index in [9.17, 15) is 8.42 Å². The van der Waals surface area contributed by atoms with Gasteiger partial charge in [-0.2, -0.15) is 0 Å². The number of methoxy groups -OCH3 is 1. The maximum absolute atomic E-state index is 11.5. The van der Waals surface area contributed by atoms with Gasteiger partial charge in [0.2, 0.25) is 10.0 Å². The Morgan fingerprint density at radius 3 is 2.43 bits per heavy atom. The van der Waals surface area contributed by atoms with Crippen molar-refractivity contribution in [1.82, 2.24) is 0 Å². The van der Waals surface area contributed by atoms with E-state index in [1.807, 2.05) is 6.92 Å². The Kier molecular flexibility index (Phi) is 4.91. The standard InChI is InChI=1S/C15H23NO4S/c1-10-8-15(21(16,17)18)11(2)7-14(10)20-13-6-4-5-12(9-13)19-3/h7-8,12-13H,4-6,9H2,1-3H3,(H2,16,17,18). The Balaban J connectivity index is 2.20. The molecule has 2 atom stereocenters. The maximum atomic E-state index is 11.5. The van der Waals surface area contributed by atoms with E-state index in [0.29, 0.717) is 5.56 Å². The summed E-state index contributed by atoms with van der Waals surface area (Å²) in [5.41, 5.74) is 1.39. The summed E-state index contributed by atoms with van der Waals surface area (Å²) in [5.74, 6) is 0.724. The zero-order chi connectivity index (χ0) is 15.6. The highest BCUT2D eigenvalue weighted by Crippen LogP contribution is 2.30. The minimum absolute atomic E-state index is 0.113. The number of hydrogen-bond donors (Lipinski definition) is 1. The van der Waals surface area contributed by atoms with Crippen LogP contribution in [0.4, 0.5) is 0 Å². The lowest BCUT2D eigenvalue weighted by molar-refractivity contribution is 0.0207. The largest absolute Gasteiger partial charge is 0.490 e. The van der Waals surface area contributed by atoms with Gasteiger partial charge in [0, 0.05) is 13.5 Å². The van der Waals surface area contributed by atoms with Crippen LogP contribution in [-0.2, 0) is 14.8 Å². The predicted molar refractivity (Wildman–Crippen MR) is 81.0 cm³/mol. The van der Waals surface area contributed by atoms with Crippen molar-refractivity contribution in [2.75, 3.05) is 7.11 Å². The Labute approximate surface area is 126 Å². The van der Waals surface area contributed by atoms with Crippen LogP contribution in [0.3, 0.4) is 0 Å². The van der Waals surface area contributed by atoms with Crippen LogP contribution in [0.2, 0.25) is 0 Å². The molecule has 0 heterocycles. The molecule has 0 spiro atoms. The lowest BCUT2D eigenvalue weighted by atomic mass is 9.95. The highest BCUT2D eigenvalue weighted by Gasteiger charge is 2.24. The molecule has 2 rings (SSSR count). The molecule has 2 unspecified atom stereocenters. The molecule has 0 radical (unpaired) electrons. The summed E-state index contributed by atoms with van der Waals surface area (Å²) in [6.45, 7) is 3.56. The number of primary sulfonamides is 1. The van der Waals surface area contributed by atoms with E-state index in [2.05, 4.69) is 0 Å². The summed E-state index contributed by atoms with van der Waals surface area (Å²) < 4.78 is 34.5. The van der Waals surface area contributed by atoms with E-state index in [1.165, 1.54) is 0 Å². The second-order valence-electron chi connectivity index (χ2n) is 5.69. The minimum Gasteiger partial charge on any atom is -0.490 e. The molecule has 0 amide bonds. The van der Waals surface area contributed by atoms with Crippen LogP contribution in [0.15, 0.2) is 17.0 Å². The fourth-order valence-corrected chi connectivity index (χ4v) is 3.65. The van der Waals surface area contributed by atoms with Crippen LogP contribution in [-0.4, -0.2) is 27.7 Å². The van der Waals surface area contributed by atoms with Gasteiger partial charge in [0.05, 0.1) is 11.0 Å². The van der Waals surface area contributed by atoms with Gasteiger partial charge in [-0.25, -0.2) is 13.6 Å². The molecule has 1 aliphatic rings. The lowest BCUT2D eigenvalue weighted by Gasteiger charge is -2.29. The van der Waals surface area contributed by atoms with E-state index in [4.69, 9.17) is 14.6 Å². The fourth-order valence-electron chi connectivity index (χ4n) is 2.80. The summed E-state index contributed by atoms with van der Waals surface area (Å²) >= 11 is 0. The molecule has 0 bridgehead atoms. The Morgan fingerprint density at radius 2 is 1.81 bits per heavy atom. The predicted octanol–water partition coefficient (Wildman–Crippen LogP) is 2.29. The second kappa shape index (κ2) is 6.34. The van der Waals surface area contributed by atoms with Gasteiger partial charge in [-0.05, 0) is 56.4 Å². The Hall–Kier alpha value is -1.11. The van der Waals surface area contributed by atoms with Gasteiger partial charge < -0.3 is 9.47 Å². The summed E-state index contributed by atoms with van der Waals surface area (Å²) in [5, 5.41) is 5.21. The highest BCUT2D eigenvalue weighted by atomic mass is 32.2. The topological polar surface area (TPSA) is 78.6 Å². The number of ether oxygens (including phenoxy) is 2. The number of nitrogens with two attached hydrogens (primary N) is 1. The van der Waals surface area contributed by atoms with E-state index < -0.39 is 10.0 Å². The first kappa shape index (κ1) is 16.3. The number of sulfonamides is 1. The van der Waals surface area contributed by atoms with Gasteiger partial charge in [-0.1, -0.05) is 0 Å². The maximum Gasteiger partial charge on any atom is 0.238 e. The quantitative estimate of drug-likeness (QED) is 0.925. The van der Waals surface area contributed by atoms with E-state index in [-0.39, 0.29) is 17.1 Å². The number of rotatable bonds is 4. The molecule has 0 aliphatic heterocycles. The van der Waals surface area contributed by atoms with Crippen LogP contribution < -0.4 is 9.88 Å². The molecule has 1 saturated carbocycles. The van der Waals surface area contributed by atoms with Gasteiger partial charge in [0.25, 0.3) is 0 Å². The van der Waals surface area contributed by atoms with Crippen molar-refractivity contribution < 1.29 is 17.9 Å². The molecule has 1 aromatic carbocycles.